The van der Waals surface area contributed by atoms with Crippen LogP contribution in [0.4, 0.5) is 16.2 Å². The van der Waals surface area contributed by atoms with Crippen molar-refractivity contribution in [2.75, 3.05) is 43.4 Å². The standard InChI is InChI=1S/C16H15BrFN5O3/c17-11-6-14-13(25-9-26-14)5-10(11)7-20-22-16-19-8-12(18)15(21-16)23-1-3-24-4-2-23/h5-8H,1-4,9H2,(H,19,21,22). The van der Waals surface area contributed by atoms with Gasteiger partial charge in [0.1, 0.15) is 0 Å². The van der Waals surface area contributed by atoms with Crippen molar-refractivity contribution in [3.63, 3.8) is 0 Å². The Labute approximate surface area is 157 Å². The third-order valence-corrected chi connectivity index (χ3v) is 4.58. The fourth-order valence-corrected chi connectivity index (χ4v) is 3.03. The van der Waals surface area contributed by atoms with Gasteiger partial charge in [0.2, 0.25) is 12.7 Å². The summed E-state index contributed by atoms with van der Waals surface area (Å²) in [5, 5.41) is 4.12. The second-order valence-electron chi connectivity index (χ2n) is 5.56. The molecule has 0 amide bonds. The molecular weight excluding hydrogens is 409 g/mol. The SMILES string of the molecule is Fc1cnc(NN=Cc2cc3c(cc2Br)OCO3)nc1N1CCOCC1. The molecule has 0 bridgehead atoms. The van der Waals surface area contributed by atoms with Gasteiger partial charge in [0, 0.05) is 23.1 Å². The maximum absolute atomic E-state index is 14.0. The van der Waals surface area contributed by atoms with Gasteiger partial charge in [0.25, 0.3) is 0 Å². The smallest absolute Gasteiger partial charge is 0.245 e. The highest BCUT2D eigenvalue weighted by molar-refractivity contribution is 9.10. The number of rotatable bonds is 4. The summed E-state index contributed by atoms with van der Waals surface area (Å²) < 4.78 is 30.8. The first kappa shape index (κ1) is 17.0. The Balaban J connectivity index is 1.48. The number of ether oxygens (including phenoxy) is 3. The minimum atomic E-state index is -0.472. The summed E-state index contributed by atoms with van der Waals surface area (Å²) in [4.78, 5) is 9.95. The largest absolute Gasteiger partial charge is 0.454 e. The van der Waals surface area contributed by atoms with E-state index < -0.39 is 5.82 Å². The molecule has 1 fully saturated rings. The zero-order valence-electron chi connectivity index (χ0n) is 13.6. The molecule has 26 heavy (non-hydrogen) atoms. The Hall–Kier alpha value is -2.46. The van der Waals surface area contributed by atoms with Gasteiger partial charge in [-0.1, -0.05) is 0 Å². The Morgan fingerprint density at radius 2 is 2.00 bits per heavy atom. The minimum absolute atomic E-state index is 0.203. The maximum atomic E-state index is 14.0. The number of aromatic nitrogens is 2. The van der Waals surface area contributed by atoms with Gasteiger partial charge < -0.3 is 19.1 Å². The van der Waals surface area contributed by atoms with Gasteiger partial charge >= 0.3 is 0 Å². The second kappa shape index (κ2) is 7.42. The van der Waals surface area contributed by atoms with E-state index in [4.69, 9.17) is 14.2 Å². The minimum Gasteiger partial charge on any atom is -0.454 e. The molecule has 3 heterocycles. The van der Waals surface area contributed by atoms with Crippen LogP contribution in [0.3, 0.4) is 0 Å². The molecule has 1 N–H and O–H groups in total. The Morgan fingerprint density at radius 3 is 2.81 bits per heavy atom. The highest BCUT2D eigenvalue weighted by Crippen LogP contribution is 2.36. The Bertz CT molecular complexity index is 845. The molecule has 0 radical (unpaired) electrons. The van der Waals surface area contributed by atoms with E-state index in [1.165, 1.54) is 0 Å². The average Bonchev–Trinajstić information content (AvgIpc) is 3.11. The molecule has 1 aromatic heterocycles. The lowest BCUT2D eigenvalue weighted by molar-refractivity contribution is 0.122. The van der Waals surface area contributed by atoms with E-state index in [1.807, 2.05) is 17.0 Å². The zero-order valence-corrected chi connectivity index (χ0v) is 15.2. The van der Waals surface area contributed by atoms with Crippen molar-refractivity contribution in [1.29, 1.82) is 0 Å². The van der Waals surface area contributed by atoms with E-state index in [-0.39, 0.29) is 18.6 Å². The van der Waals surface area contributed by atoms with Gasteiger partial charge in [0.05, 0.1) is 25.6 Å². The van der Waals surface area contributed by atoms with Gasteiger partial charge in [-0.05, 0) is 28.1 Å². The first-order valence-corrected chi connectivity index (χ1v) is 8.73. The maximum Gasteiger partial charge on any atom is 0.245 e. The third kappa shape index (κ3) is 3.56. The van der Waals surface area contributed by atoms with E-state index in [2.05, 4.69) is 36.4 Å². The van der Waals surface area contributed by atoms with Crippen molar-refractivity contribution >= 4 is 33.9 Å². The number of anilines is 2. The van der Waals surface area contributed by atoms with Crippen LogP contribution in [0.25, 0.3) is 0 Å². The summed E-state index contributed by atoms with van der Waals surface area (Å²) in [7, 11) is 0. The lowest BCUT2D eigenvalue weighted by atomic mass is 10.2. The summed E-state index contributed by atoms with van der Waals surface area (Å²) >= 11 is 3.46. The summed E-state index contributed by atoms with van der Waals surface area (Å²) in [6.45, 7) is 2.46. The van der Waals surface area contributed by atoms with E-state index in [0.717, 1.165) is 16.2 Å². The summed E-state index contributed by atoms with van der Waals surface area (Å²) in [6.07, 6.45) is 2.72. The first-order chi connectivity index (χ1) is 12.7. The number of hydrogen-bond donors (Lipinski definition) is 1. The van der Waals surface area contributed by atoms with E-state index in [0.29, 0.717) is 37.8 Å². The molecular formula is C16H15BrFN5O3. The quantitative estimate of drug-likeness (QED) is 0.597. The molecule has 0 unspecified atom stereocenters. The summed E-state index contributed by atoms with van der Waals surface area (Å²) in [5.74, 6) is 1.31. The molecule has 10 heteroatoms. The molecule has 2 aliphatic rings. The number of nitrogens with zero attached hydrogens (tertiary/aromatic N) is 4. The van der Waals surface area contributed by atoms with Crippen LogP contribution in [0.2, 0.25) is 0 Å². The van der Waals surface area contributed by atoms with Crippen molar-refractivity contribution in [1.82, 2.24) is 9.97 Å². The number of morpholine rings is 1. The fraction of sp³-hybridized carbons (Fsp3) is 0.312. The van der Waals surface area contributed by atoms with E-state index in [9.17, 15) is 4.39 Å². The van der Waals surface area contributed by atoms with E-state index in [1.54, 1.807) is 6.21 Å². The highest BCUT2D eigenvalue weighted by Gasteiger charge is 2.18. The second-order valence-corrected chi connectivity index (χ2v) is 6.42. The molecule has 2 aliphatic heterocycles. The summed E-state index contributed by atoms with van der Waals surface area (Å²) in [5.41, 5.74) is 3.51. The van der Waals surface area contributed by atoms with Gasteiger partial charge in [-0.25, -0.2) is 14.8 Å². The zero-order chi connectivity index (χ0) is 17.9. The number of hydrogen-bond acceptors (Lipinski definition) is 8. The molecule has 2 aromatic rings. The topological polar surface area (TPSA) is 81.1 Å². The van der Waals surface area contributed by atoms with Gasteiger partial charge in [-0.2, -0.15) is 10.1 Å². The molecule has 0 atom stereocenters. The van der Waals surface area contributed by atoms with Crippen LogP contribution in [0, 0.1) is 5.82 Å². The average molecular weight is 424 g/mol. The van der Waals surface area contributed by atoms with Crippen LogP contribution in [-0.4, -0.2) is 49.3 Å². The monoisotopic (exact) mass is 423 g/mol. The van der Waals surface area contributed by atoms with Gasteiger partial charge in [-0.15, -0.1) is 0 Å². The van der Waals surface area contributed by atoms with E-state index >= 15 is 0 Å². The lowest BCUT2D eigenvalue weighted by Gasteiger charge is -2.27. The molecule has 8 nitrogen and oxygen atoms in total. The van der Waals surface area contributed by atoms with Crippen LogP contribution in [-0.2, 0) is 4.74 Å². The van der Waals surface area contributed by atoms with Gasteiger partial charge in [0.15, 0.2) is 23.1 Å². The molecule has 136 valence electrons. The van der Waals surface area contributed by atoms with Crippen LogP contribution >= 0.6 is 15.9 Å². The predicted molar refractivity (Wildman–Crippen MR) is 96.5 cm³/mol. The van der Waals surface area contributed by atoms with Crippen molar-refractivity contribution in [2.24, 2.45) is 5.10 Å². The molecule has 0 spiro atoms. The molecule has 0 aliphatic carbocycles. The van der Waals surface area contributed by atoms with Gasteiger partial charge in [-0.3, -0.25) is 0 Å². The number of nitrogens with one attached hydrogen (secondary N) is 1. The molecule has 1 aromatic carbocycles. The van der Waals surface area contributed by atoms with Crippen LogP contribution < -0.4 is 19.8 Å². The van der Waals surface area contributed by atoms with Crippen LogP contribution in [0.5, 0.6) is 11.5 Å². The normalized spacial score (nSPS) is 16.3. The first-order valence-electron chi connectivity index (χ1n) is 7.94. The Kier molecular flexibility index (Phi) is 4.85. The molecule has 4 rings (SSSR count). The molecule has 1 saturated heterocycles. The predicted octanol–water partition coefficient (Wildman–Crippen LogP) is 2.39. The number of hydrazone groups is 1. The van der Waals surface area contributed by atoms with Crippen LogP contribution in [0.15, 0.2) is 27.9 Å². The third-order valence-electron chi connectivity index (χ3n) is 3.90. The fourth-order valence-electron chi connectivity index (χ4n) is 2.60. The number of benzene rings is 1. The highest BCUT2D eigenvalue weighted by atomic mass is 79.9. The number of fused-ring (bicyclic) bond motifs is 1. The van der Waals surface area contributed by atoms with Crippen molar-refractivity contribution in [3.8, 4) is 11.5 Å². The Morgan fingerprint density at radius 1 is 1.23 bits per heavy atom. The number of halogens is 2. The van der Waals surface area contributed by atoms with Crippen molar-refractivity contribution < 1.29 is 18.6 Å². The van der Waals surface area contributed by atoms with Crippen LogP contribution in [0.1, 0.15) is 5.56 Å². The summed E-state index contributed by atoms with van der Waals surface area (Å²) in [6, 6.07) is 3.62. The molecule has 0 saturated carbocycles. The lowest BCUT2D eigenvalue weighted by Crippen LogP contribution is -2.37. The van der Waals surface area contributed by atoms with Crippen molar-refractivity contribution in [2.45, 2.75) is 0 Å². The van der Waals surface area contributed by atoms with Crippen molar-refractivity contribution in [3.05, 3.63) is 34.2 Å².